The zero-order valence-electron chi connectivity index (χ0n) is 22.4. The number of unbranched alkanes of at least 4 members (excludes halogenated alkanes) is 2. The van der Waals surface area contributed by atoms with Crippen LogP contribution in [0.3, 0.4) is 0 Å². The molecule has 0 aromatic rings. The highest BCUT2D eigenvalue weighted by atomic mass is 16.5. The highest BCUT2D eigenvalue weighted by Crippen LogP contribution is 2.01. The first kappa shape index (κ1) is 11.1. The van der Waals surface area contributed by atoms with Gasteiger partial charge in [-0.25, -0.2) is 0 Å². The van der Waals surface area contributed by atoms with E-state index in [1.54, 1.807) is 0 Å². The number of esters is 1. The molecule has 0 bridgehead atoms. The second kappa shape index (κ2) is 18.5. The Kier molecular flexibility index (Phi) is 8.89. The maximum absolute atomic E-state index is 11.1. The Morgan fingerprint density at radius 3 is 1.78 bits per heavy atom. The minimum Gasteiger partial charge on any atom is -0.469 e. The van der Waals surface area contributed by atoms with Crippen LogP contribution in [0.2, 0.25) is 0 Å². The number of hydrogen-bond acceptors (Lipinski definition) is 2. The standard InChI is InChI=1S/C21H34O2/c1-3-4-5-6-7-8-9-10-11-12-13-14-15-16-17-18-19-20-21(22)23-2/h7-8,10-11,13-14,16-17H,3-6,9,12,15,18-20H2,1-2H3/b8-7-,11-10+,14-13-,17-16-/i7D,8D,10D,11D,13D,14D,16D,17D. The maximum atomic E-state index is 11.1. The molecule has 0 aliphatic carbocycles. The van der Waals surface area contributed by atoms with Crippen molar-refractivity contribution in [3.63, 3.8) is 0 Å². The minimum atomic E-state index is -0.390. The second-order valence-electron chi connectivity index (χ2n) is 4.83. The van der Waals surface area contributed by atoms with E-state index in [0.717, 1.165) is 19.3 Å². The van der Waals surface area contributed by atoms with E-state index in [2.05, 4.69) is 4.74 Å². The highest BCUT2D eigenvalue weighted by molar-refractivity contribution is 5.69. The lowest BCUT2D eigenvalue weighted by molar-refractivity contribution is -0.140. The monoisotopic (exact) mass is 326 g/mol. The molecular formula is C21H34O2. The van der Waals surface area contributed by atoms with E-state index < -0.39 is 0 Å². The van der Waals surface area contributed by atoms with Gasteiger partial charge in [0.05, 0.1) is 18.1 Å². The Morgan fingerprint density at radius 1 is 0.826 bits per heavy atom. The summed E-state index contributed by atoms with van der Waals surface area (Å²) in [5.41, 5.74) is 0. The second-order valence-corrected chi connectivity index (χ2v) is 4.83. The molecule has 0 unspecified atom stereocenters. The van der Waals surface area contributed by atoms with Gasteiger partial charge in [0.15, 0.2) is 0 Å². The number of hydrogen-bond donors (Lipinski definition) is 0. The smallest absolute Gasteiger partial charge is 0.305 e. The van der Waals surface area contributed by atoms with Gasteiger partial charge in [-0.3, -0.25) is 4.79 Å². The van der Waals surface area contributed by atoms with Crippen LogP contribution in [0.15, 0.2) is 48.4 Å². The Hall–Kier alpha value is -1.57. The van der Waals surface area contributed by atoms with Crippen molar-refractivity contribution < 1.29 is 20.5 Å². The third-order valence-electron chi connectivity index (χ3n) is 2.85. The molecular weight excluding hydrogens is 284 g/mol. The number of rotatable bonds is 14. The summed E-state index contributed by atoms with van der Waals surface area (Å²) in [6.45, 7) is 2.05. The third kappa shape index (κ3) is 18.4. The van der Waals surface area contributed by atoms with Crippen LogP contribution in [0.5, 0.6) is 0 Å². The van der Waals surface area contributed by atoms with Gasteiger partial charge in [0.2, 0.25) is 0 Å². The molecule has 0 rings (SSSR count). The summed E-state index contributed by atoms with van der Waals surface area (Å²) in [5.74, 6) is -0.390. The molecule has 0 aromatic heterocycles. The van der Waals surface area contributed by atoms with Crippen molar-refractivity contribution in [2.45, 2.75) is 71.1 Å². The van der Waals surface area contributed by atoms with Crippen molar-refractivity contribution in [1.29, 1.82) is 0 Å². The van der Waals surface area contributed by atoms with Gasteiger partial charge in [-0.2, -0.15) is 0 Å². The van der Waals surface area contributed by atoms with Gasteiger partial charge in [0, 0.05) is 6.42 Å². The fraction of sp³-hybridized carbons (Fsp3) is 0.571. The van der Waals surface area contributed by atoms with E-state index in [4.69, 9.17) is 11.0 Å². The maximum Gasteiger partial charge on any atom is 0.305 e. The van der Waals surface area contributed by atoms with Gasteiger partial charge < -0.3 is 4.74 Å². The molecule has 23 heavy (non-hydrogen) atoms. The van der Waals surface area contributed by atoms with Crippen molar-refractivity contribution in [1.82, 2.24) is 0 Å². The summed E-state index contributed by atoms with van der Waals surface area (Å²) in [5, 5.41) is 0. The van der Waals surface area contributed by atoms with Crippen LogP contribution in [-0.2, 0) is 9.53 Å². The van der Waals surface area contributed by atoms with Crippen molar-refractivity contribution in [2.24, 2.45) is 0 Å². The Bertz CT molecular complexity index is 723. The summed E-state index contributed by atoms with van der Waals surface area (Å²) in [7, 11) is 1.28. The predicted octanol–water partition coefficient (Wildman–Crippen LogP) is 6.31. The predicted molar refractivity (Wildman–Crippen MR) is 100 cm³/mol. The van der Waals surface area contributed by atoms with E-state index in [1.165, 1.54) is 7.11 Å². The summed E-state index contributed by atoms with van der Waals surface area (Å²) in [4.78, 5) is 11.1. The van der Waals surface area contributed by atoms with Crippen LogP contribution < -0.4 is 0 Å². The van der Waals surface area contributed by atoms with Crippen LogP contribution in [0.1, 0.15) is 82.1 Å². The average Bonchev–Trinajstić information content (AvgIpc) is 2.72. The molecule has 0 radical (unpaired) electrons. The average molecular weight is 327 g/mol. The van der Waals surface area contributed by atoms with Crippen LogP contribution in [-0.4, -0.2) is 13.1 Å². The van der Waals surface area contributed by atoms with Crippen LogP contribution in [0, 0.1) is 0 Å². The zero-order valence-corrected chi connectivity index (χ0v) is 14.4. The molecule has 0 heterocycles. The number of carbonyl (C=O) groups is 1. The lowest BCUT2D eigenvalue weighted by Gasteiger charge is -1.95. The van der Waals surface area contributed by atoms with Crippen molar-refractivity contribution in [2.75, 3.05) is 7.11 Å². The van der Waals surface area contributed by atoms with Crippen LogP contribution in [0.4, 0.5) is 0 Å². The normalized spacial score (nSPS) is 20.6. The van der Waals surface area contributed by atoms with Gasteiger partial charge in [-0.15, -0.1) is 0 Å². The SMILES string of the molecule is [2H]/C(CCCC(=O)OC)=C(\[2H])C/C([2H])=C(/[2H])C/C([2H])=C(\[2H])C/C([2H])=C(/[2H])CCCCC. The van der Waals surface area contributed by atoms with Gasteiger partial charge in [0.1, 0.15) is 0 Å². The summed E-state index contributed by atoms with van der Waals surface area (Å²) in [6, 6.07) is -0.756. The van der Waals surface area contributed by atoms with Crippen molar-refractivity contribution in [3.05, 3.63) is 48.4 Å². The lowest BCUT2D eigenvalue weighted by atomic mass is 10.2. The molecule has 0 atom stereocenters. The van der Waals surface area contributed by atoms with E-state index in [1.807, 2.05) is 6.92 Å². The minimum absolute atomic E-state index is 0.00496. The largest absolute Gasteiger partial charge is 0.469 e. The summed E-state index contributed by atoms with van der Waals surface area (Å²) in [6.07, 6.45) is 3.33. The topological polar surface area (TPSA) is 26.3 Å². The third-order valence-corrected chi connectivity index (χ3v) is 2.85. The van der Waals surface area contributed by atoms with Gasteiger partial charge in [-0.05, 0) is 44.9 Å². The Labute approximate surface area is 154 Å². The molecule has 0 aliphatic heterocycles. The first-order valence-electron chi connectivity index (χ1n) is 12.2. The van der Waals surface area contributed by atoms with E-state index in [0.29, 0.717) is 12.8 Å². The van der Waals surface area contributed by atoms with Crippen LogP contribution in [0.25, 0.3) is 0 Å². The molecule has 2 nitrogen and oxygen atoms in total. The summed E-state index contributed by atoms with van der Waals surface area (Å²) < 4.78 is 67.9. The quantitative estimate of drug-likeness (QED) is 0.212. The fourth-order valence-corrected chi connectivity index (χ4v) is 1.57. The molecule has 0 N–H and O–H groups in total. The first-order valence-corrected chi connectivity index (χ1v) is 8.21. The zero-order chi connectivity index (χ0) is 24.0. The molecule has 0 saturated carbocycles. The van der Waals surface area contributed by atoms with E-state index in [9.17, 15) is 4.79 Å². The number of allylic oxidation sites excluding steroid dienone is 8. The van der Waals surface area contributed by atoms with Crippen molar-refractivity contribution >= 4 is 5.97 Å². The Balaban J connectivity index is 4.98. The molecule has 0 spiro atoms. The van der Waals surface area contributed by atoms with E-state index in [-0.39, 0.29) is 86.5 Å². The lowest BCUT2D eigenvalue weighted by Crippen LogP contribution is -1.98. The molecule has 2 heteroatoms. The molecule has 0 fully saturated rings. The highest BCUT2D eigenvalue weighted by Gasteiger charge is 1.96. The summed E-state index contributed by atoms with van der Waals surface area (Å²) >= 11 is 0. The van der Waals surface area contributed by atoms with E-state index >= 15 is 0 Å². The van der Waals surface area contributed by atoms with Crippen molar-refractivity contribution in [3.8, 4) is 0 Å². The molecule has 0 aromatic carbocycles. The van der Waals surface area contributed by atoms with Gasteiger partial charge >= 0.3 is 5.97 Å². The molecule has 0 amide bonds. The molecule has 0 aliphatic rings. The number of methoxy groups -OCH3 is 1. The van der Waals surface area contributed by atoms with Crippen LogP contribution >= 0.6 is 0 Å². The first-order chi connectivity index (χ1) is 14.5. The fourth-order valence-electron chi connectivity index (χ4n) is 1.57. The molecule has 0 saturated heterocycles. The Morgan fingerprint density at radius 2 is 1.30 bits per heavy atom. The number of carbonyl (C=O) groups excluding carboxylic acids is 1. The molecule has 130 valence electrons. The van der Waals surface area contributed by atoms with Gasteiger partial charge in [0.25, 0.3) is 0 Å². The number of ether oxygens (including phenoxy) is 1. The van der Waals surface area contributed by atoms with Gasteiger partial charge in [-0.1, -0.05) is 68.2 Å².